The van der Waals surface area contributed by atoms with Gasteiger partial charge in [-0.2, -0.15) is 0 Å². The van der Waals surface area contributed by atoms with Gasteiger partial charge in [-0.3, -0.25) is 4.79 Å². The van der Waals surface area contributed by atoms with E-state index >= 15 is 0 Å². The van der Waals surface area contributed by atoms with E-state index < -0.39 is 10.8 Å². The number of nitrogens with zero attached hydrogens (tertiary/aromatic N) is 2. The third-order valence-electron chi connectivity index (χ3n) is 4.71. The molecule has 20 heavy (non-hydrogen) atoms. The number of allylic oxidation sites excluding steroid dienone is 1. The van der Waals surface area contributed by atoms with Gasteiger partial charge in [-0.25, -0.2) is 4.85 Å². The average molecular weight is 272 g/mol. The molecular formula is C16H20N2O2. The van der Waals surface area contributed by atoms with Crippen LogP contribution in [0.2, 0.25) is 0 Å². The van der Waals surface area contributed by atoms with E-state index in [1.807, 2.05) is 26.8 Å². The van der Waals surface area contributed by atoms with Crippen LogP contribution in [-0.4, -0.2) is 29.7 Å². The van der Waals surface area contributed by atoms with Crippen molar-refractivity contribution >= 4 is 11.7 Å². The van der Waals surface area contributed by atoms with Gasteiger partial charge in [0.05, 0.1) is 6.57 Å². The van der Waals surface area contributed by atoms with Gasteiger partial charge in [0.15, 0.2) is 5.78 Å². The van der Waals surface area contributed by atoms with Gasteiger partial charge in [-0.1, -0.05) is 26.0 Å². The van der Waals surface area contributed by atoms with Gasteiger partial charge in [0.2, 0.25) is 11.6 Å². The average Bonchev–Trinajstić information content (AvgIpc) is 2.42. The summed E-state index contributed by atoms with van der Waals surface area (Å²) >= 11 is 0. The first-order valence-corrected chi connectivity index (χ1v) is 6.90. The van der Waals surface area contributed by atoms with Crippen molar-refractivity contribution in [3.05, 3.63) is 34.8 Å². The molecule has 2 aliphatic rings. The number of hydrogen-bond donors (Lipinski definition) is 0. The molecule has 0 saturated carbocycles. The van der Waals surface area contributed by atoms with E-state index in [0.29, 0.717) is 19.5 Å². The Labute approximate surface area is 120 Å². The van der Waals surface area contributed by atoms with Gasteiger partial charge in [0, 0.05) is 30.8 Å². The van der Waals surface area contributed by atoms with E-state index in [1.165, 1.54) is 0 Å². The van der Waals surface area contributed by atoms with Crippen molar-refractivity contribution < 1.29 is 9.59 Å². The minimum absolute atomic E-state index is 0.0226. The van der Waals surface area contributed by atoms with Crippen LogP contribution < -0.4 is 0 Å². The zero-order chi connectivity index (χ0) is 15.1. The van der Waals surface area contributed by atoms with Crippen LogP contribution in [0.5, 0.6) is 0 Å². The number of Topliss-reactive ketones (excluding diaryl/α,β-unsaturated/α-hetero) is 1. The highest BCUT2D eigenvalue weighted by Gasteiger charge is 2.50. The maximum Gasteiger partial charge on any atom is 0.227 e. The van der Waals surface area contributed by atoms with Gasteiger partial charge in [-0.15, -0.1) is 0 Å². The monoisotopic (exact) mass is 272 g/mol. The highest BCUT2D eigenvalue weighted by Crippen LogP contribution is 2.51. The fourth-order valence-corrected chi connectivity index (χ4v) is 3.41. The second-order valence-electron chi connectivity index (χ2n) is 6.09. The number of fused-ring (bicyclic) bond motifs is 1. The van der Waals surface area contributed by atoms with Crippen molar-refractivity contribution in [2.75, 3.05) is 13.1 Å². The van der Waals surface area contributed by atoms with Crippen LogP contribution in [0.1, 0.15) is 34.1 Å². The van der Waals surface area contributed by atoms with Crippen LogP contribution in [0.15, 0.2) is 23.4 Å². The number of carbonyl (C=O) groups excluding carboxylic acids is 2. The molecule has 2 atom stereocenters. The summed E-state index contributed by atoms with van der Waals surface area (Å²) in [6.07, 6.45) is 4.42. The third kappa shape index (κ3) is 1.89. The molecule has 0 saturated heterocycles. The molecule has 106 valence electrons. The number of rotatable bonds is 1. The van der Waals surface area contributed by atoms with Crippen LogP contribution >= 0.6 is 0 Å². The normalized spacial score (nSPS) is 33.0. The molecule has 0 bridgehead atoms. The van der Waals surface area contributed by atoms with Gasteiger partial charge in [0.25, 0.3) is 0 Å². The zero-order valence-corrected chi connectivity index (χ0v) is 12.5. The molecule has 0 radical (unpaired) electrons. The molecule has 0 aromatic rings. The summed E-state index contributed by atoms with van der Waals surface area (Å²) in [4.78, 5) is 29.3. The fourth-order valence-electron chi connectivity index (χ4n) is 3.41. The maximum atomic E-state index is 12.5. The fraction of sp³-hybridized carbons (Fsp3) is 0.562. The molecule has 0 spiro atoms. The molecule has 1 aliphatic carbocycles. The standard InChI is InChI=1S/C16H20N2O2/c1-6-16(4)13-7-8-18(11(2)19)10-15(13,3)9-12(17-5)14(16)20/h7,9H,6,8,10H2,1-4H3/t15-,16+/m0/s1. The third-order valence-corrected chi connectivity index (χ3v) is 4.71. The summed E-state index contributed by atoms with van der Waals surface area (Å²) in [7, 11) is 0. The lowest BCUT2D eigenvalue weighted by atomic mass is 9.59. The lowest BCUT2D eigenvalue weighted by molar-refractivity contribution is -0.130. The van der Waals surface area contributed by atoms with Gasteiger partial charge < -0.3 is 9.69 Å². The van der Waals surface area contributed by atoms with E-state index in [-0.39, 0.29) is 17.4 Å². The summed E-state index contributed by atoms with van der Waals surface area (Å²) in [6, 6.07) is 0. The molecule has 1 amide bonds. The van der Waals surface area contributed by atoms with Gasteiger partial charge in [0.1, 0.15) is 0 Å². The lowest BCUT2D eigenvalue weighted by Gasteiger charge is -2.48. The molecule has 0 aromatic carbocycles. The van der Waals surface area contributed by atoms with E-state index in [1.54, 1.807) is 17.9 Å². The highest BCUT2D eigenvalue weighted by molar-refractivity contribution is 6.05. The highest BCUT2D eigenvalue weighted by atomic mass is 16.2. The molecular weight excluding hydrogens is 252 g/mol. The Morgan fingerprint density at radius 2 is 2.15 bits per heavy atom. The van der Waals surface area contributed by atoms with Crippen molar-refractivity contribution in [1.29, 1.82) is 0 Å². The molecule has 2 rings (SSSR count). The Kier molecular flexibility index (Phi) is 3.33. The Morgan fingerprint density at radius 3 is 2.65 bits per heavy atom. The minimum Gasteiger partial charge on any atom is -0.338 e. The lowest BCUT2D eigenvalue weighted by Crippen LogP contribution is -2.50. The molecule has 4 nitrogen and oxygen atoms in total. The Morgan fingerprint density at radius 1 is 1.50 bits per heavy atom. The van der Waals surface area contributed by atoms with Crippen molar-refractivity contribution in [2.45, 2.75) is 34.1 Å². The summed E-state index contributed by atoms with van der Waals surface area (Å²) in [6.45, 7) is 15.8. The van der Waals surface area contributed by atoms with Crippen molar-refractivity contribution in [3.8, 4) is 0 Å². The number of hydrogen-bond acceptors (Lipinski definition) is 2. The number of carbonyl (C=O) groups is 2. The first-order chi connectivity index (χ1) is 9.28. The Hall–Kier alpha value is -1.89. The summed E-state index contributed by atoms with van der Waals surface area (Å²) < 4.78 is 0. The van der Waals surface area contributed by atoms with Crippen LogP contribution in [0.4, 0.5) is 0 Å². The first-order valence-electron chi connectivity index (χ1n) is 6.90. The molecule has 0 N–H and O–H groups in total. The molecule has 0 aromatic heterocycles. The molecule has 1 aliphatic heterocycles. The van der Waals surface area contributed by atoms with E-state index in [0.717, 1.165) is 5.57 Å². The van der Waals surface area contributed by atoms with E-state index in [2.05, 4.69) is 4.85 Å². The number of amides is 1. The number of ketones is 1. The van der Waals surface area contributed by atoms with Gasteiger partial charge in [-0.05, 0) is 18.9 Å². The second-order valence-corrected chi connectivity index (χ2v) is 6.09. The Balaban J connectivity index is 2.60. The smallest absolute Gasteiger partial charge is 0.227 e. The quantitative estimate of drug-likeness (QED) is 0.544. The SMILES string of the molecule is [C-]#[N+]C1=C[C@@]2(C)CN(C(C)=O)CC=C2[C@@](C)(CC)C1=O. The summed E-state index contributed by atoms with van der Waals surface area (Å²) in [5.74, 6) is -0.0654. The van der Waals surface area contributed by atoms with Gasteiger partial charge >= 0.3 is 0 Å². The predicted molar refractivity (Wildman–Crippen MR) is 76.5 cm³/mol. The van der Waals surface area contributed by atoms with Crippen LogP contribution in [-0.2, 0) is 9.59 Å². The summed E-state index contributed by atoms with van der Waals surface area (Å²) in [5.41, 5.74) is 0.233. The molecule has 0 fully saturated rings. The first kappa shape index (κ1) is 14.5. The van der Waals surface area contributed by atoms with E-state index in [9.17, 15) is 9.59 Å². The Bertz CT molecular complexity index is 582. The molecule has 4 heteroatoms. The second kappa shape index (κ2) is 4.59. The van der Waals surface area contributed by atoms with Crippen LogP contribution in [0, 0.1) is 17.4 Å². The zero-order valence-electron chi connectivity index (χ0n) is 12.5. The largest absolute Gasteiger partial charge is 0.338 e. The van der Waals surface area contributed by atoms with Crippen molar-refractivity contribution in [2.24, 2.45) is 10.8 Å². The van der Waals surface area contributed by atoms with Crippen LogP contribution in [0.3, 0.4) is 0 Å². The summed E-state index contributed by atoms with van der Waals surface area (Å²) in [5, 5.41) is 0. The van der Waals surface area contributed by atoms with Crippen molar-refractivity contribution in [3.63, 3.8) is 0 Å². The molecule has 0 unspecified atom stereocenters. The predicted octanol–water partition coefficient (Wildman–Crippen LogP) is 2.58. The minimum atomic E-state index is -0.619. The van der Waals surface area contributed by atoms with Crippen molar-refractivity contribution in [1.82, 2.24) is 4.90 Å². The maximum absolute atomic E-state index is 12.5. The van der Waals surface area contributed by atoms with E-state index in [4.69, 9.17) is 6.57 Å². The van der Waals surface area contributed by atoms with Crippen LogP contribution in [0.25, 0.3) is 4.85 Å². The molecule has 1 heterocycles. The topological polar surface area (TPSA) is 41.7 Å².